The van der Waals surface area contributed by atoms with Gasteiger partial charge in [-0.3, -0.25) is 4.18 Å². The molecule has 12 nitrogen and oxygen atoms in total. The van der Waals surface area contributed by atoms with Gasteiger partial charge in [-0.1, -0.05) is 105 Å². The fraction of sp³-hybridized carbons (Fsp3) is 0.328. The molecule has 396 valence electrons. The molecule has 0 aliphatic carbocycles. The Morgan fingerprint density at radius 2 is 1.56 bits per heavy atom. The maximum atomic E-state index is 14.6. The zero-order valence-corrected chi connectivity index (χ0v) is 47.4. The van der Waals surface area contributed by atoms with Crippen LogP contribution in [-0.2, 0) is 41.6 Å². The number of aryl methyl sites for hydroxylation is 1. The summed E-state index contributed by atoms with van der Waals surface area (Å²) in [5.74, 6) is 0.417. The Labute approximate surface area is 450 Å². The molecule has 0 spiro atoms. The van der Waals surface area contributed by atoms with E-state index in [-0.39, 0.29) is 59.4 Å². The normalized spacial score (nSPS) is 13.0. The number of fused-ring (bicyclic) bond motifs is 1. The van der Waals surface area contributed by atoms with Crippen LogP contribution < -0.4 is 18.6 Å². The molecule has 0 fully saturated rings. The molecule has 2 atom stereocenters. The van der Waals surface area contributed by atoms with E-state index >= 15 is 0 Å². The maximum Gasteiger partial charge on any atom is 0.348 e. The highest BCUT2D eigenvalue weighted by Gasteiger charge is 2.39. The number of nitrogens with zero attached hydrogens (tertiary/aromatic N) is 2. The van der Waals surface area contributed by atoms with Crippen LogP contribution in [0.2, 0.25) is 23.2 Å². The summed E-state index contributed by atoms with van der Waals surface area (Å²) >= 11 is 8.57. The van der Waals surface area contributed by atoms with Crippen LogP contribution >= 0.6 is 22.9 Å². The van der Waals surface area contributed by atoms with E-state index in [1.165, 1.54) is 41.9 Å². The molecule has 0 N–H and O–H groups in total. The van der Waals surface area contributed by atoms with Crippen molar-refractivity contribution in [3.8, 4) is 44.7 Å². The number of hydrogen-bond donors (Lipinski definition) is 0. The Morgan fingerprint density at radius 1 is 0.867 bits per heavy atom. The van der Waals surface area contributed by atoms with Crippen molar-refractivity contribution in [2.45, 2.75) is 109 Å². The standard InChI is InChI=1S/C58H64ClFN2O10S2Si/c1-12-30-66-34-44(35-68-74(64,65)45-25-18-37(2)19-26-45)69-48-29-27-46(38(3)52(48)59)50-51-54(61-36-62-55(51)73-53(50)40-20-22-42(60)23-21-40)70-49(56(63)71-57(4,5)6)32-41-31-43(72-75(10,11)58(7,8)9)24-28-47(41)67-33-39-16-14-13-15-17-39/h12-29,31,36,44,49H,1,30,32-35H2,2-11H3/t44-,49?/m1/s1. The molecule has 0 aliphatic rings. The van der Waals surface area contributed by atoms with Crippen LogP contribution in [0, 0.1) is 19.7 Å². The number of halogens is 2. The molecule has 2 aromatic heterocycles. The number of benzene rings is 5. The second kappa shape index (κ2) is 23.8. The van der Waals surface area contributed by atoms with Crippen LogP contribution in [0.15, 0.2) is 133 Å². The lowest BCUT2D eigenvalue weighted by atomic mass is 9.96. The molecule has 0 radical (unpaired) electrons. The van der Waals surface area contributed by atoms with Gasteiger partial charge in [-0.05, 0) is 124 Å². The zero-order valence-electron chi connectivity index (χ0n) is 44.0. The van der Waals surface area contributed by atoms with Gasteiger partial charge in [-0.2, -0.15) is 8.42 Å². The van der Waals surface area contributed by atoms with E-state index in [2.05, 4.69) is 40.4 Å². The second-order valence-electron chi connectivity index (χ2n) is 20.6. The van der Waals surface area contributed by atoms with E-state index in [0.29, 0.717) is 54.4 Å². The van der Waals surface area contributed by atoms with Crippen molar-refractivity contribution >= 4 is 57.6 Å². The molecule has 5 aromatic carbocycles. The Morgan fingerprint density at radius 3 is 2.23 bits per heavy atom. The van der Waals surface area contributed by atoms with Crippen molar-refractivity contribution in [2.24, 2.45) is 0 Å². The minimum absolute atomic E-state index is 0.000258. The SMILES string of the molecule is C=CCOC[C@H](COS(=O)(=O)c1ccc(C)cc1)Oc1ccc(-c2c(-c3ccc(F)cc3)sc3ncnc(OC(Cc4cc(O[Si](C)(C)C(C)(C)C)ccc4OCc4ccccc4)C(=O)OC(C)(C)C)c23)c(C)c1Cl. The summed E-state index contributed by atoms with van der Waals surface area (Å²) in [6, 6.07) is 31.3. The van der Waals surface area contributed by atoms with Crippen molar-refractivity contribution in [2.75, 3.05) is 19.8 Å². The number of esters is 1. The van der Waals surface area contributed by atoms with E-state index in [4.69, 9.17) is 53.9 Å². The maximum absolute atomic E-state index is 14.6. The molecular weight excluding hydrogens is 1030 g/mol. The van der Waals surface area contributed by atoms with Gasteiger partial charge in [0.05, 0.1) is 28.5 Å². The summed E-state index contributed by atoms with van der Waals surface area (Å²) in [5, 5.41) is 0.576. The number of thiophene rings is 1. The minimum Gasteiger partial charge on any atom is -0.543 e. The highest BCUT2D eigenvalue weighted by molar-refractivity contribution is 7.86. The van der Waals surface area contributed by atoms with Gasteiger partial charge in [0.1, 0.15) is 59.1 Å². The van der Waals surface area contributed by atoms with Crippen molar-refractivity contribution in [3.63, 3.8) is 0 Å². The Bertz CT molecular complexity index is 3230. The molecule has 7 rings (SSSR count). The van der Waals surface area contributed by atoms with Crippen LogP contribution in [0.3, 0.4) is 0 Å². The van der Waals surface area contributed by atoms with Crippen LogP contribution in [0.25, 0.3) is 31.8 Å². The predicted molar refractivity (Wildman–Crippen MR) is 297 cm³/mol. The molecule has 7 aromatic rings. The lowest BCUT2D eigenvalue weighted by Crippen LogP contribution is -2.43. The van der Waals surface area contributed by atoms with E-state index < -0.39 is 48.0 Å². The fourth-order valence-electron chi connectivity index (χ4n) is 7.57. The van der Waals surface area contributed by atoms with Gasteiger partial charge in [-0.25, -0.2) is 19.2 Å². The number of rotatable bonds is 22. The van der Waals surface area contributed by atoms with E-state index in [1.807, 2.05) is 68.4 Å². The quantitative estimate of drug-likeness (QED) is 0.0210. The molecule has 0 saturated heterocycles. The summed E-state index contributed by atoms with van der Waals surface area (Å²) in [6.07, 6.45) is 0.730. The number of hydrogen-bond acceptors (Lipinski definition) is 13. The Balaban J connectivity index is 1.31. The van der Waals surface area contributed by atoms with Gasteiger partial charge >= 0.3 is 5.97 Å². The topological polar surface area (TPSA) is 142 Å². The Hall–Kier alpha value is -6.14. The second-order valence-corrected chi connectivity index (χ2v) is 28.3. The van der Waals surface area contributed by atoms with Crippen molar-refractivity contribution in [3.05, 3.63) is 161 Å². The van der Waals surface area contributed by atoms with Gasteiger partial charge in [0.15, 0.2) is 0 Å². The first kappa shape index (κ1) is 56.6. The van der Waals surface area contributed by atoms with E-state index in [9.17, 15) is 17.6 Å². The number of aromatic nitrogens is 2. The third-order valence-corrected chi connectivity index (χ3v) is 19.8. The molecule has 0 amide bonds. The van der Waals surface area contributed by atoms with Gasteiger partial charge < -0.3 is 28.1 Å². The smallest absolute Gasteiger partial charge is 0.348 e. The van der Waals surface area contributed by atoms with Crippen molar-refractivity contribution in [1.29, 1.82) is 0 Å². The average molecular weight is 1100 g/mol. The summed E-state index contributed by atoms with van der Waals surface area (Å²) in [6.45, 7) is 23.6. The summed E-state index contributed by atoms with van der Waals surface area (Å²) in [7, 11) is -6.47. The molecule has 0 saturated carbocycles. The average Bonchev–Trinajstić information content (AvgIpc) is 3.74. The first-order chi connectivity index (χ1) is 35.4. The summed E-state index contributed by atoms with van der Waals surface area (Å²) < 4.78 is 84.8. The van der Waals surface area contributed by atoms with E-state index in [1.54, 1.807) is 57.2 Å². The number of ether oxygens (including phenoxy) is 5. The fourth-order valence-corrected chi connectivity index (χ4v) is 10.9. The van der Waals surface area contributed by atoms with Gasteiger partial charge in [-0.15, -0.1) is 17.9 Å². The minimum atomic E-state index is -4.15. The first-order valence-corrected chi connectivity index (χ1v) is 30.0. The van der Waals surface area contributed by atoms with E-state index in [0.717, 1.165) is 11.1 Å². The van der Waals surface area contributed by atoms with Gasteiger partial charge in [0, 0.05) is 22.4 Å². The molecule has 0 bridgehead atoms. The molecule has 1 unspecified atom stereocenters. The predicted octanol–water partition coefficient (Wildman–Crippen LogP) is 14.1. The van der Waals surface area contributed by atoms with Crippen LogP contribution in [-0.4, -0.2) is 70.3 Å². The third kappa shape index (κ3) is 14.4. The number of carbonyl (C=O) groups excluding carboxylic acids is 1. The molecule has 17 heteroatoms. The van der Waals surface area contributed by atoms with Crippen molar-refractivity contribution < 1.29 is 49.9 Å². The van der Waals surface area contributed by atoms with Crippen LogP contribution in [0.4, 0.5) is 4.39 Å². The van der Waals surface area contributed by atoms with Crippen molar-refractivity contribution in [1.82, 2.24) is 9.97 Å². The summed E-state index contributed by atoms with van der Waals surface area (Å²) in [4.78, 5) is 25.2. The summed E-state index contributed by atoms with van der Waals surface area (Å²) in [5.41, 5.74) is 4.06. The van der Waals surface area contributed by atoms with Crippen LogP contribution in [0.1, 0.15) is 63.8 Å². The lowest BCUT2D eigenvalue weighted by Gasteiger charge is -2.36. The number of carbonyl (C=O) groups is 1. The zero-order chi connectivity index (χ0) is 54.3. The van der Waals surface area contributed by atoms with Gasteiger partial charge in [0.25, 0.3) is 10.1 Å². The molecule has 0 aliphatic heterocycles. The Kier molecular flexibility index (Phi) is 18.0. The monoisotopic (exact) mass is 1090 g/mol. The molecular formula is C58H64ClFN2O10S2Si. The van der Waals surface area contributed by atoms with Crippen LogP contribution in [0.5, 0.6) is 23.1 Å². The molecule has 2 heterocycles. The lowest BCUT2D eigenvalue weighted by molar-refractivity contribution is -0.163. The highest BCUT2D eigenvalue weighted by Crippen LogP contribution is 2.50. The largest absolute Gasteiger partial charge is 0.543 e. The highest BCUT2D eigenvalue weighted by atomic mass is 35.5. The third-order valence-electron chi connectivity index (χ3n) is 12.5. The molecule has 75 heavy (non-hydrogen) atoms. The van der Waals surface area contributed by atoms with Gasteiger partial charge in [0.2, 0.25) is 20.3 Å². The first-order valence-electron chi connectivity index (χ1n) is 24.5.